The first-order valence-electron chi connectivity index (χ1n) is 5.73. The van der Waals surface area contributed by atoms with Crippen LogP contribution < -0.4 is 0 Å². The number of carbonyl (C=O) groups excluding carboxylic acids is 1. The molecule has 2 aromatic rings. The summed E-state index contributed by atoms with van der Waals surface area (Å²) >= 11 is 5.62. The van der Waals surface area contributed by atoms with Gasteiger partial charge in [0.25, 0.3) is 11.7 Å². The van der Waals surface area contributed by atoms with Crippen LogP contribution in [-0.4, -0.2) is 10.8 Å². The van der Waals surface area contributed by atoms with Crippen molar-refractivity contribution in [1.29, 1.82) is 0 Å². The Morgan fingerprint density at radius 3 is 2.53 bits per heavy atom. The Labute approximate surface area is 116 Å². The summed E-state index contributed by atoms with van der Waals surface area (Å²) in [6.45, 7) is 3.57. The van der Waals surface area contributed by atoms with E-state index in [4.69, 9.17) is 16.0 Å². The van der Waals surface area contributed by atoms with E-state index < -0.39 is 0 Å². The number of hydrogen-bond acceptors (Lipinski definition) is 3. The Kier molecular flexibility index (Phi) is 4.00. The minimum atomic E-state index is -0.317. The van der Waals surface area contributed by atoms with Crippen molar-refractivity contribution in [2.45, 2.75) is 13.8 Å². The molecule has 19 heavy (non-hydrogen) atoms. The van der Waals surface area contributed by atoms with E-state index in [1.165, 1.54) is 6.26 Å². The molecule has 4 heteroatoms. The molecule has 3 nitrogen and oxygen atoms in total. The monoisotopic (exact) mass is 273 g/mol. The topological polar surface area (TPSA) is 43.1 Å². The van der Waals surface area contributed by atoms with Gasteiger partial charge < -0.3 is 4.42 Å². The van der Waals surface area contributed by atoms with Crippen molar-refractivity contribution in [3.05, 3.63) is 64.5 Å². The molecule has 0 aliphatic carbocycles. The molecule has 1 heterocycles. The second-order valence-electron chi connectivity index (χ2n) is 4.05. The average Bonchev–Trinajstić information content (AvgIpc) is 2.85. The van der Waals surface area contributed by atoms with Gasteiger partial charge in [0.05, 0.1) is 0 Å². The average molecular weight is 274 g/mol. The van der Waals surface area contributed by atoms with Crippen LogP contribution in [0.15, 0.2) is 52.3 Å². The maximum absolute atomic E-state index is 12.0. The molecule has 0 aliphatic rings. The van der Waals surface area contributed by atoms with E-state index in [1.54, 1.807) is 6.92 Å². The molecule has 96 valence electrons. The third kappa shape index (κ3) is 3.22. The number of nitrogens with zero attached hydrogens (tertiary/aromatic N) is 1. The number of allylic oxidation sites excluding steroid dienone is 1. The van der Waals surface area contributed by atoms with Gasteiger partial charge in [0.15, 0.2) is 5.15 Å². The second-order valence-corrected chi connectivity index (χ2v) is 4.43. The van der Waals surface area contributed by atoms with Gasteiger partial charge in [0.2, 0.25) is 0 Å². The van der Waals surface area contributed by atoms with E-state index in [1.807, 2.05) is 37.3 Å². The summed E-state index contributed by atoms with van der Waals surface area (Å²) in [7, 11) is 0. The molecule has 0 N–H and O–H groups in total. The number of ketones is 1. The molecule has 0 saturated heterocycles. The van der Waals surface area contributed by atoms with Crippen molar-refractivity contribution in [2.24, 2.45) is 0 Å². The van der Waals surface area contributed by atoms with E-state index in [-0.39, 0.29) is 16.8 Å². The third-order valence-corrected chi connectivity index (χ3v) is 2.77. The van der Waals surface area contributed by atoms with Gasteiger partial charge in [0, 0.05) is 5.57 Å². The number of oxazole rings is 1. The maximum Gasteiger partial charge on any atom is 0.270 e. The first-order valence-corrected chi connectivity index (χ1v) is 6.11. The van der Waals surface area contributed by atoms with E-state index in [2.05, 4.69) is 10.7 Å². The summed E-state index contributed by atoms with van der Waals surface area (Å²) in [6, 6.07) is 9.73. The van der Waals surface area contributed by atoms with Crippen molar-refractivity contribution >= 4 is 23.0 Å². The maximum atomic E-state index is 12.0. The standard InChI is InChI=1S/C15H12ClNO2/c1-10(12-6-4-3-5-7-12)8-11(2)14(18)15-17-13(16)9-19-15/h3-7,9H,1-2H3. The molecule has 0 fully saturated rings. The number of rotatable bonds is 3. The quantitative estimate of drug-likeness (QED) is 0.479. The van der Waals surface area contributed by atoms with Gasteiger partial charge in [-0.3, -0.25) is 4.79 Å². The molecule has 1 aromatic heterocycles. The van der Waals surface area contributed by atoms with Crippen molar-refractivity contribution in [3.8, 4) is 0 Å². The van der Waals surface area contributed by atoms with Crippen LogP contribution in [0.4, 0.5) is 0 Å². The summed E-state index contributed by atoms with van der Waals surface area (Å²) in [6.07, 6.45) is 1.23. The van der Waals surface area contributed by atoms with Crippen LogP contribution >= 0.6 is 11.6 Å². The Balaban J connectivity index is 2.35. The van der Waals surface area contributed by atoms with E-state index in [0.29, 0.717) is 5.57 Å². The molecule has 0 amide bonds. The highest BCUT2D eigenvalue weighted by molar-refractivity contribution is 6.29. The SMILES string of the molecule is CC(=C=C(C)c1ccccc1)C(=O)c1nc(Cl)co1. The number of aromatic nitrogens is 1. The van der Waals surface area contributed by atoms with Crippen molar-refractivity contribution in [3.63, 3.8) is 0 Å². The predicted molar refractivity (Wildman–Crippen MR) is 74.1 cm³/mol. The summed E-state index contributed by atoms with van der Waals surface area (Å²) < 4.78 is 4.97. The molecule has 0 atom stereocenters. The second kappa shape index (κ2) is 5.70. The van der Waals surface area contributed by atoms with Crippen molar-refractivity contribution in [1.82, 2.24) is 4.98 Å². The van der Waals surface area contributed by atoms with Crippen LogP contribution in [0.5, 0.6) is 0 Å². The lowest BCUT2D eigenvalue weighted by molar-refractivity contribution is 0.0998. The van der Waals surface area contributed by atoms with Gasteiger partial charge in [-0.2, -0.15) is 4.98 Å². The minimum absolute atomic E-state index is 0.0177. The largest absolute Gasteiger partial charge is 0.440 e. The summed E-state index contributed by atoms with van der Waals surface area (Å²) in [4.78, 5) is 15.8. The highest BCUT2D eigenvalue weighted by Crippen LogP contribution is 2.15. The Morgan fingerprint density at radius 1 is 1.26 bits per heavy atom. The lowest BCUT2D eigenvalue weighted by Gasteiger charge is -1.98. The number of carbonyl (C=O) groups is 1. The van der Waals surface area contributed by atoms with Gasteiger partial charge in [-0.25, -0.2) is 0 Å². The lowest BCUT2D eigenvalue weighted by atomic mass is 10.1. The molecule has 0 unspecified atom stereocenters. The Hall–Kier alpha value is -2.09. The fourth-order valence-corrected chi connectivity index (χ4v) is 1.74. The van der Waals surface area contributed by atoms with Crippen LogP contribution in [0, 0.1) is 0 Å². The Morgan fingerprint density at radius 2 is 1.95 bits per heavy atom. The van der Waals surface area contributed by atoms with Gasteiger partial charge in [-0.05, 0) is 25.0 Å². The van der Waals surface area contributed by atoms with Crippen molar-refractivity contribution in [2.75, 3.05) is 0 Å². The zero-order chi connectivity index (χ0) is 13.8. The summed E-state index contributed by atoms with van der Waals surface area (Å²) in [5.41, 5.74) is 5.37. The Bertz CT molecular complexity index is 664. The van der Waals surface area contributed by atoms with Crippen molar-refractivity contribution < 1.29 is 9.21 Å². The molecule has 2 rings (SSSR count). The van der Waals surface area contributed by atoms with Gasteiger partial charge in [-0.1, -0.05) is 41.9 Å². The van der Waals surface area contributed by atoms with Gasteiger partial charge >= 0.3 is 0 Å². The molecule has 0 spiro atoms. The van der Waals surface area contributed by atoms with E-state index >= 15 is 0 Å². The fourth-order valence-electron chi connectivity index (χ4n) is 1.62. The van der Waals surface area contributed by atoms with Gasteiger partial charge in [0.1, 0.15) is 6.26 Å². The van der Waals surface area contributed by atoms with E-state index in [0.717, 1.165) is 11.1 Å². The van der Waals surface area contributed by atoms with Crippen LogP contribution in [0.25, 0.3) is 5.57 Å². The van der Waals surface area contributed by atoms with Crippen LogP contribution in [-0.2, 0) is 0 Å². The molecular formula is C15H12ClNO2. The molecule has 1 aromatic carbocycles. The lowest BCUT2D eigenvalue weighted by Crippen LogP contribution is -2.00. The number of Topliss-reactive ketones (excluding diaryl/α,β-unsaturated/α-hetero) is 1. The van der Waals surface area contributed by atoms with Crippen LogP contribution in [0.3, 0.4) is 0 Å². The normalized spacial score (nSPS) is 9.84. The van der Waals surface area contributed by atoms with E-state index in [9.17, 15) is 4.79 Å². The number of halogens is 1. The third-order valence-electron chi connectivity index (χ3n) is 2.59. The highest BCUT2D eigenvalue weighted by atomic mass is 35.5. The summed E-state index contributed by atoms with van der Waals surface area (Å²) in [5, 5.41) is 0.167. The first kappa shape index (κ1) is 13.3. The zero-order valence-corrected chi connectivity index (χ0v) is 11.4. The van der Waals surface area contributed by atoms with Gasteiger partial charge in [-0.15, -0.1) is 5.73 Å². The first-order chi connectivity index (χ1) is 9.08. The van der Waals surface area contributed by atoms with Crippen LogP contribution in [0.2, 0.25) is 5.15 Å². The number of benzene rings is 1. The smallest absolute Gasteiger partial charge is 0.270 e. The zero-order valence-electron chi connectivity index (χ0n) is 10.6. The molecule has 0 saturated carbocycles. The fraction of sp³-hybridized carbons (Fsp3) is 0.133. The van der Waals surface area contributed by atoms with Crippen LogP contribution in [0.1, 0.15) is 30.1 Å². The highest BCUT2D eigenvalue weighted by Gasteiger charge is 2.14. The minimum Gasteiger partial charge on any atom is -0.440 e. The summed E-state index contributed by atoms with van der Waals surface area (Å²) in [5.74, 6) is -0.335. The molecular weight excluding hydrogens is 262 g/mol. The molecule has 0 aliphatic heterocycles. The predicted octanol–water partition coefficient (Wildman–Crippen LogP) is 4.16. The molecule has 0 bridgehead atoms. The number of hydrogen-bond donors (Lipinski definition) is 0. The molecule has 0 radical (unpaired) electrons.